The van der Waals surface area contributed by atoms with Crippen molar-refractivity contribution in [3.8, 4) is 0 Å². The number of allylic oxidation sites excluding steroid dienone is 3. The van der Waals surface area contributed by atoms with Crippen LogP contribution < -0.4 is 0 Å². The van der Waals surface area contributed by atoms with E-state index in [-0.39, 0.29) is 36.2 Å². The van der Waals surface area contributed by atoms with Crippen molar-refractivity contribution in [2.24, 2.45) is 28.6 Å². The fraction of sp³-hybridized carbons (Fsp3) is 0.727. The van der Waals surface area contributed by atoms with Gasteiger partial charge < -0.3 is 19.5 Å². The number of carbonyl (C=O) groups is 2. The Labute approximate surface area is 182 Å². The Balaban J connectivity index is 1.79. The van der Waals surface area contributed by atoms with E-state index in [0.717, 1.165) is 11.8 Å². The van der Waals surface area contributed by atoms with Gasteiger partial charge in [0.1, 0.15) is 18.0 Å². The molecule has 0 unspecified atom stereocenters. The van der Waals surface area contributed by atoms with Gasteiger partial charge in [0, 0.05) is 17.4 Å². The number of carbonyl (C=O) groups excluding carboxylic acids is 2. The summed E-state index contributed by atoms with van der Waals surface area (Å²) in [6.07, 6.45) is 4.73. The second-order valence-corrected chi connectivity index (χ2v) is 11.6. The van der Waals surface area contributed by atoms with E-state index >= 15 is 0 Å². The van der Waals surface area contributed by atoms with Crippen LogP contribution in [0, 0.1) is 28.6 Å². The summed E-state index contributed by atoms with van der Waals surface area (Å²) in [5, 5.41) is 32.1. The molecule has 4 aliphatic carbocycles. The van der Waals surface area contributed by atoms with Gasteiger partial charge >= 0.3 is 10.1 Å². The van der Waals surface area contributed by atoms with Gasteiger partial charge in [0.25, 0.3) is 0 Å². The molecule has 0 aromatic heterocycles. The van der Waals surface area contributed by atoms with Gasteiger partial charge in [0.2, 0.25) is 0 Å². The smallest absolute Gasteiger partial charge is 0.305 e. The average molecular weight is 455 g/mol. The van der Waals surface area contributed by atoms with Crippen LogP contribution in [0.25, 0.3) is 0 Å². The molecule has 0 aromatic carbocycles. The summed E-state index contributed by atoms with van der Waals surface area (Å²) in [4.78, 5) is 24.7. The van der Waals surface area contributed by atoms with E-state index in [1.165, 1.54) is 12.2 Å². The largest absolute Gasteiger partial charge is 0.393 e. The molecule has 7 atom stereocenters. The molecule has 0 aliphatic heterocycles. The van der Waals surface area contributed by atoms with Gasteiger partial charge in [-0.3, -0.25) is 9.59 Å². The molecular formula is C22H30O8S. The lowest BCUT2D eigenvalue weighted by atomic mass is 9.46. The fourth-order valence-corrected chi connectivity index (χ4v) is 7.82. The summed E-state index contributed by atoms with van der Waals surface area (Å²) >= 11 is 0. The second kappa shape index (κ2) is 6.97. The molecule has 31 heavy (non-hydrogen) atoms. The number of hydrogen-bond acceptors (Lipinski definition) is 8. The van der Waals surface area contributed by atoms with Crippen LogP contribution in [0.4, 0.5) is 0 Å². The Hall–Kier alpha value is -1.55. The molecule has 0 amide bonds. The number of Topliss-reactive ketones (excluding diaryl/α,β-unsaturated/α-hetero) is 1. The lowest BCUT2D eigenvalue weighted by molar-refractivity contribution is -0.180. The number of ketones is 2. The van der Waals surface area contributed by atoms with Gasteiger partial charge in [-0.1, -0.05) is 12.5 Å². The standard InChI is InChI=1S/C22H30O8S/c1-20-10-16(25)19-14(15(20)6-7-22(20,27)17(26)11-23)5-4-12-8-13(24)9-18(21(12,19)2)30-31(3,28)29/h8-9,14-16,19,23,25,27H,4-7,10-11H2,1-3H3/t14-,15-,16-,19+,20-,21+,22-/m0/s1. The molecule has 4 aliphatic rings. The van der Waals surface area contributed by atoms with Crippen molar-refractivity contribution in [2.75, 3.05) is 12.9 Å². The third kappa shape index (κ3) is 3.08. The highest BCUT2D eigenvalue weighted by atomic mass is 32.2. The first-order valence-corrected chi connectivity index (χ1v) is 12.5. The van der Waals surface area contributed by atoms with E-state index in [1.54, 1.807) is 6.92 Å². The van der Waals surface area contributed by atoms with Crippen LogP contribution in [0.2, 0.25) is 0 Å². The van der Waals surface area contributed by atoms with E-state index in [4.69, 9.17) is 4.18 Å². The minimum Gasteiger partial charge on any atom is -0.393 e. The first kappa shape index (κ1) is 22.6. The van der Waals surface area contributed by atoms with Crippen molar-refractivity contribution >= 4 is 21.7 Å². The first-order valence-electron chi connectivity index (χ1n) is 10.7. The third-order valence-corrected chi connectivity index (χ3v) is 9.12. The predicted molar refractivity (Wildman–Crippen MR) is 110 cm³/mol. The molecule has 0 spiro atoms. The molecular weight excluding hydrogens is 424 g/mol. The Morgan fingerprint density at radius 1 is 1.26 bits per heavy atom. The van der Waals surface area contributed by atoms with Gasteiger partial charge in [-0.05, 0) is 56.9 Å². The lowest BCUT2D eigenvalue weighted by Gasteiger charge is -2.60. The van der Waals surface area contributed by atoms with Crippen LogP contribution in [0.3, 0.4) is 0 Å². The summed E-state index contributed by atoms with van der Waals surface area (Å²) in [5.74, 6) is -1.60. The normalized spacial score (nSPS) is 44.5. The molecule has 3 fully saturated rings. The Kier molecular flexibility index (Phi) is 5.09. The predicted octanol–water partition coefficient (Wildman–Crippen LogP) is 0.861. The minimum atomic E-state index is -3.90. The molecule has 4 rings (SSSR count). The van der Waals surface area contributed by atoms with Crippen LogP contribution in [0.1, 0.15) is 46.0 Å². The summed E-state index contributed by atoms with van der Waals surface area (Å²) in [7, 11) is -3.90. The highest BCUT2D eigenvalue weighted by Gasteiger charge is 2.69. The zero-order chi connectivity index (χ0) is 23.0. The Morgan fingerprint density at radius 2 is 1.94 bits per heavy atom. The van der Waals surface area contributed by atoms with Crippen LogP contribution in [-0.2, 0) is 23.9 Å². The zero-order valence-corrected chi connectivity index (χ0v) is 18.8. The van der Waals surface area contributed by atoms with Gasteiger partial charge in [0.15, 0.2) is 11.6 Å². The summed E-state index contributed by atoms with van der Waals surface area (Å²) < 4.78 is 29.2. The van der Waals surface area contributed by atoms with Gasteiger partial charge in [-0.2, -0.15) is 8.42 Å². The Bertz CT molecular complexity index is 997. The second-order valence-electron chi connectivity index (χ2n) is 10.1. The monoisotopic (exact) mass is 454 g/mol. The third-order valence-electron chi connectivity index (χ3n) is 8.63. The van der Waals surface area contributed by atoms with Crippen molar-refractivity contribution in [2.45, 2.75) is 57.7 Å². The molecule has 0 heterocycles. The highest BCUT2D eigenvalue weighted by molar-refractivity contribution is 7.86. The molecule has 0 aromatic rings. The van der Waals surface area contributed by atoms with E-state index in [2.05, 4.69) is 0 Å². The van der Waals surface area contributed by atoms with Gasteiger partial charge in [-0.15, -0.1) is 0 Å². The van der Waals surface area contributed by atoms with Crippen molar-refractivity contribution in [1.29, 1.82) is 0 Å². The van der Waals surface area contributed by atoms with Gasteiger partial charge in [-0.25, -0.2) is 0 Å². The van der Waals surface area contributed by atoms with Crippen LogP contribution >= 0.6 is 0 Å². The minimum absolute atomic E-state index is 0.0227. The summed E-state index contributed by atoms with van der Waals surface area (Å²) in [6, 6.07) is 0. The number of hydrogen-bond donors (Lipinski definition) is 3. The van der Waals surface area contributed by atoms with E-state index in [1.807, 2.05) is 6.92 Å². The van der Waals surface area contributed by atoms with Crippen LogP contribution in [0.5, 0.6) is 0 Å². The van der Waals surface area contributed by atoms with Crippen molar-refractivity contribution in [3.05, 3.63) is 23.5 Å². The lowest BCUT2D eigenvalue weighted by Crippen LogP contribution is -2.62. The zero-order valence-electron chi connectivity index (χ0n) is 18.0. The summed E-state index contributed by atoms with van der Waals surface area (Å²) in [6.45, 7) is 2.86. The molecule has 0 saturated heterocycles. The van der Waals surface area contributed by atoms with Crippen LogP contribution in [0.15, 0.2) is 23.5 Å². The SMILES string of the molecule is C[C@@]12C(=CC(=O)C=C1OS(C)(=O)=O)CC[C@@H]1[C@@H]2[C@@H](O)C[C@@]2(C)[C@H]1CC[C@]2(O)C(=O)CO. The van der Waals surface area contributed by atoms with E-state index in [0.29, 0.717) is 19.3 Å². The number of rotatable bonds is 4. The molecule has 8 nitrogen and oxygen atoms in total. The summed E-state index contributed by atoms with van der Waals surface area (Å²) in [5.41, 5.74) is -2.86. The molecule has 9 heteroatoms. The average Bonchev–Trinajstić information content (AvgIpc) is 2.92. The molecule has 0 radical (unpaired) electrons. The highest BCUT2D eigenvalue weighted by Crippen LogP contribution is 2.68. The fourth-order valence-electron chi connectivity index (χ4n) is 7.27. The maximum absolute atomic E-state index is 12.5. The molecule has 3 N–H and O–H groups in total. The molecule has 3 saturated carbocycles. The number of aliphatic hydroxyl groups is 3. The van der Waals surface area contributed by atoms with Crippen molar-refractivity contribution in [1.82, 2.24) is 0 Å². The van der Waals surface area contributed by atoms with Crippen LogP contribution in [-0.4, -0.2) is 59.9 Å². The maximum atomic E-state index is 12.5. The van der Waals surface area contributed by atoms with E-state index in [9.17, 15) is 33.3 Å². The van der Waals surface area contributed by atoms with Crippen molar-refractivity contribution < 1.29 is 37.5 Å². The quantitative estimate of drug-likeness (QED) is 0.532. The van der Waals surface area contributed by atoms with E-state index < -0.39 is 51.0 Å². The number of fused-ring (bicyclic) bond motifs is 5. The number of aliphatic hydroxyl groups excluding tert-OH is 2. The maximum Gasteiger partial charge on any atom is 0.305 e. The molecule has 0 bridgehead atoms. The first-order chi connectivity index (χ1) is 14.3. The Morgan fingerprint density at radius 3 is 2.55 bits per heavy atom. The molecule has 172 valence electrons. The van der Waals surface area contributed by atoms with Gasteiger partial charge in [0.05, 0.1) is 17.8 Å². The topological polar surface area (TPSA) is 138 Å². The van der Waals surface area contributed by atoms with Crippen molar-refractivity contribution in [3.63, 3.8) is 0 Å².